The normalized spacial score (nSPS) is 14.9. The zero-order chi connectivity index (χ0) is 12.3. The van der Waals surface area contributed by atoms with E-state index < -0.39 is 0 Å². The number of rotatable bonds is 4. The van der Waals surface area contributed by atoms with Gasteiger partial charge in [0, 0.05) is 18.8 Å². The molecule has 0 aromatic heterocycles. The van der Waals surface area contributed by atoms with Crippen LogP contribution in [0.15, 0.2) is 18.2 Å². The smallest absolute Gasteiger partial charge is 0.119 e. The Bertz CT molecular complexity index is 373. The number of hydrogen-bond acceptors (Lipinski definition) is 2. The van der Waals surface area contributed by atoms with Crippen molar-refractivity contribution in [3.05, 3.63) is 23.8 Å². The summed E-state index contributed by atoms with van der Waals surface area (Å²) >= 11 is 0. The number of aryl methyl sites for hydroxylation is 1. The largest absolute Gasteiger partial charge is 0.497 e. The summed E-state index contributed by atoms with van der Waals surface area (Å²) in [7, 11) is 1.74. The summed E-state index contributed by atoms with van der Waals surface area (Å²) < 4.78 is 5.30. The predicted molar refractivity (Wildman–Crippen MR) is 73.0 cm³/mol. The van der Waals surface area contributed by atoms with E-state index in [2.05, 4.69) is 36.9 Å². The molecule has 0 N–H and O–H groups in total. The summed E-state index contributed by atoms with van der Waals surface area (Å²) in [6.45, 7) is 6.96. The zero-order valence-electron chi connectivity index (χ0n) is 11.2. The number of benzene rings is 1. The molecular formula is C15H23NO. The highest BCUT2D eigenvalue weighted by Crippen LogP contribution is 2.30. The number of anilines is 1. The van der Waals surface area contributed by atoms with Crippen molar-refractivity contribution in [3.63, 3.8) is 0 Å². The lowest BCUT2D eigenvalue weighted by molar-refractivity contribution is 0.414. The molecule has 0 bridgehead atoms. The van der Waals surface area contributed by atoms with Crippen LogP contribution in [0, 0.1) is 5.92 Å². The number of methoxy groups -OCH3 is 1. The third kappa shape index (κ3) is 2.93. The molecule has 17 heavy (non-hydrogen) atoms. The minimum absolute atomic E-state index is 0.777. The third-order valence-corrected chi connectivity index (χ3v) is 3.48. The maximum absolute atomic E-state index is 5.30. The van der Waals surface area contributed by atoms with Gasteiger partial charge in [-0.1, -0.05) is 13.8 Å². The SMILES string of the molecule is COc1ccc2c(c1)CCCN2CCC(C)C. The average molecular weight is 233 g/mol. The first-order chi connectivity index (χ1) is 8.20. The molecule has 1 aromatic rings. The highest BCUT2D eigenvalue weighted by Gasteiger charge is 2.17. The first kappa shape index (κ1) is 12.3. The van der Waals surface area contributed by atoms with Gasteiger partial charge in [0.25, 0.3) is 0 Å². The Morgan fingerprint density at radius 2 is 2.18 bits per heavy atom. The van der Waals surface area contributed by atoms with E-state index in [-0.39, 0.29) is 0 Å². The minimum Gasteiger partial charge on any atom is -0.497 e. The third-order valence-electron chi connectivity index (χ3n) is 3.48. The molecule has 2 heteroatoms. The number of fused-ring (bicyclic) bond motifs is 1. The Balaban J connectivity index is 2.14. The fraction of sp³-hybridized carbons (Fsp3) is 0.600. The molecule has 0 unspecified atom stereocenters. The topological polar surface area (TPSA) is 12.5 Å². The van der Waals surface area contributed by atoms with Gasteiger partial charge in [-0.2, -0.15) is 0 Å². The van der Waals surface area contributed by atoms with Gasteiger partial charge in [-0.15, -0.1) is 0 Å². The van der Waals surface area contributed by atoms with Crippen molar-refractivity contribution >= 4 is 5.69 Å². The maximum Gasteiger partial charge on any atom is 0.119 e. The Morgan fingerprint density at radius 3 is 2.88 bits per heavy atom. The van der Waals surface area contributed by atoms with Crippen LogP contribution in [-0.4, -0.2) is 20.2 Å². The van der Waals surface area contributed by atoms with Crippen molar-refractivity contribution < 1.29 is 4.74 Å². The molecule has 0 fully saturated rings. The van der Waals surface area contributed by atoms with Gasteiger partial charge in [0.15, 0.2) is 0 Å². The van der Waals surface area contributed by atoms with E-state index in [1.165, 1.54) is 43.6 Å². The van der Waals surface area contributed by atoms with Crippen LogP contribution in [0.4, 0.5) is 5.69 Å². The monoisotopic (exact) mass is 233 g/mol. The molecule has 1 aliphatic heterocycles. The van der Waals surface area contributed by atoms with Crippen LogP contribution >= 0.6 is 0 Å². The Labute approximate surface area is 105 Å². The second-order valence-corrected chi connectivity index (χ2v) is 5.27. The average Bonchev–Trinajstić information content (AvgIpc) is 2.35. The highest BCUT2D eigenvalue weighted by atomic mass is 16.5. The summed E-state index contributed by atoms with van der Waals surface area (Å²) in [5.41, 5.74) is 2.86. The van der Waals surface area contributed by atoms with Gasteiger partial charge < -0.3 is 9.64 Å². The molecule has 0 saturated carbocycles. The summed E-state index contributed by atoms with van der Waals surface area (Å²) in [6, 6.07) is 6.48. The molecule has 0 spiro atoms. The van der Waals surface area contributed by atoms with Crippen molar-refractivity contribution in [3.8, 4) is 5.75 Å². The molecule has 1 heterocycles. The van der Waals surface area contributed by atoms with E-state index in [4.69, 9.17) is 4.74 Å². The van der Waals surface area contributed by atoms with Gasteiger partial charge in [-0.3, -0.25) is 0 Å². The second kappa shape index (κ2) is 5.44. The van der Waals surface area contributed by atoms with Gasteiger partial charge in [0.2, 0.25) is 0 Å². The van der Waals surface area contributed by atoms with Crippen molar-refractivity contribution in [1.82, 2.24) is 0 Å². The Kier molecular flexibility index (Phi) is 3.93. The lowest BCUT2D eigenvalue weighted by Crippen LogP contribution is -2.30. The van der Waals surface area contributed by atoms with Crippen molar-refractivity contribution in [2.24, 2.45) is 5.92 Å². The molecule has 94 valence electrons. The maximum atomic E-state index is 5.30. The number of hydrogen-bond donors (Lipinski definition) is 0. The summed E-state index contributed by atoms with van der Waals surface area (Å²) in [6.07, 6.45) is 3.72. The van der Waals surface area contributed by atoms with Crippen LogP contribution in [0.3, 0.4) is 0 Å². The van der Waals surface area contributed by atoms with Crippen LogP contribution in [0.1, 0.15) is 32.3 Å². The van der Waals surface area contributed by atoms with Gasteiger partial charge in [0.05, 0.1) is 7.11 Å². The molecule has 0 saturated heterocycles. The van der Waals surface area contributed by atoms with Gasteiger partial charge >= 0.3 is 0 Å². The van der Waals surface area contributed by atoms with Crippen LogP contribution in [0.5, 0.6) is 5.75 Å². The molecule has 2 nitrogen and oxygen atoms in total. The molecule has 0 aliphatic carbocycles. The fourth-order valence-electron chi connectivity index (χ4n) is 2.42. The lowest BCUT2D eigenvalue weighted by Gasteiger charge is -2.32. The van der Waals surface area contributed by atoms with Crippen LogP contribution < -0.4 is 9.64 Å². The van der Waals surface area contributed by atoms with E-state index in [1.807, 2.05) is 0 Å². The summed E-state index contributed by atoms with van der Waals surface area (Å²) in [5, 5.41) is 0. The minimum atomic E-state index is 0.777. The molecular weight excluding hydrogens is 210 g/mol. The molecule has 0 radical (unpaired) electrons. The van der Waals surface area contributed by atoms with E-state index in [1.54, 1.807) is 7.11 Å². The Hall–Kier alpha value is -1.18. The first-order valence-corrected chi connectivity index (χ1v) is 6.62. The number of nitrogens with zero attached hydrogens (tertiary/aromatic N) is 1. The van der Waals surface area contributed by atoms with Gasteiger partial charge in [-0.05, 0) is 48.9 Å². The Morgan fingerprint density at radius 1 is 1.35 bits per heavy atom. The van der Waals surface area contributed by atoms with Crippen molar-refractivity contribution in [2.75, 3.05) is 25.1 Å². The standard InChI is InChI=1S/C15H23NO/c1-12(2)8-10-16-9-4-5-13-11-14(17-3)6-7-15(13)16/h6-7,11-12H,4-5,8-10H2,1-3H3. The molecule has 0 atom stereocenters. The summed E-state index contributed by atoms with van der Waals surface area (Å²) in [5.74, 6) is 1.76. The second-order valence-electron chi connectivity index (χ2n) is 5.27. The van der Waals surface area contributed by atoms with E-state index >= 15 is 0 Å². The lowest BCUT2D eigenvalue weighted by atomic mass is 10.0. The highest BCUT2D eigenvalue weighted by molar-refractivity contribution is 5.58. The fourth-order valence-corrected chi connectivity index (χ4v) is 2.42. The molecule has 2 rings (SSSR count). The quantitative estimate of drug-likeness (QED) is 0.789. The van der Waals surface area contributed by atoms with Crippen LogP contribution in [0.25, 0.3) is 0 Å². The summed E-state index contributed by atoms with van der Waals surface area (Å²) in [4.78, 5) is 2.53. The van der Waals surface area contributed by atoms with Crippen LogP contribution in [-0.2, 0) is 6.42 Å². The van der Waals surface area contributed by atoms with Crippen LogP contribution in [0.2, 0.25) is 0 Å². The number of ether oxygens (including phenoxy) is 1. The van der Waals surface area contributed by atoms with Crippen molar-refractivity contribution in [1.29, 1.82) is 0 Å². The zero-order valence-corrected chi connectivity index (χ0v) is 11.2. The molecule has 1 aromatic carbocycles. The molecule has 1 aliphatic rings. The van der Waals surface area contributed by atoms with E-state index in [9.17, 15) is 0 Å². The van der Waals surface area contributed by atoms with E-state index in [0.29, 0.717) is 0 Å². The first-order valence-electron chi connectivity index (χ1n) is 6.62. The van der Waals surface area contributed by atoms with Gasteiger partial charge in [-0.25, -0.2) is 0 Å². The van der Waals surface area contributed by atoms with E-state index in [0.717, 1.165) is 11.7 Å². The van der Waals surface area contributed by atoms with Gasteiger partial charge in [0.1, 0.15) is 5.75 Å². The molecule has 0 amide bonds. The van der Waals surface area contributed by atoms with Crippen molar-refractivity contribution in [2.45, 2.75) is 33.1 Å². The predicted octanol–water partition coefficient (Wildman–Crippen LogP) is 3.49.